The second-order valence-corrected chi connectivity index (χ2v) is 9.11. The number of aromatic nitrogens is 4. The molecule has 0 N–H and O–H groups in total. The largest absolute Gasteiger partial charge is 0.423 e. The van der Waals surface area contributed by atoms with Crippen LogP contribution in [0.5, 0.6) is 0 Å². The number of hydrogen-bond donors (Lipinski definition) is 0. The molecule has 1 saturated heterocycles. The van der Waals surface area contributed by atoms with E-state index in [2.05, 4.69) is 20.2 Å². The highest BCUT2D eigenvalue weighted by atomic mass is 35.5. The van der Waals surface area contributed by atoms with Gasteiger partial charge in [-0.2, -0.15) is 5.26 Å². The molecular formula is C18H15ClN6O3S. The van der Waals surface area contributed by atoms with Crippen molar-refractivity contribution in [2.24, 2.45) is 0 Å². The van der Waals surface area contributed by atoms with E-state index in [1.807, 2.05) is 6.07 Å². The Morgan fingerprint density at radius 3 is 2.76 bits per heavy atom. The predicted octanol–water partition coefficient (Wildman–Crippen LogP) is 2.49. The van der Waals surface area contributed by atoms with E-state index in [0.29, 0.717) is 11.7 Å². The average molecular weight is 431 g/mol. The van der Waals surface area contributed by atoms with Crippen LogP contribution in [0.1, 0.15) is 30.1 Å². The maximum Gasteiger partial charge on any atom is 0.238 e. The zero-order chi connectivity index (χ0) is 20.6. The smallest absolute Gasteiger partial charge is 0.238 e. The third-order valence-electron chi connectivity index (χ3n) is 4.71. The molecule has 1 aliphatic heterocycles. The average Bonchev–Trinajstić information content (AvgIpc) is 3.35. The lowest BCUT2D eigenvalue weighted by Gasteiger charge is -2.22. The number of aryl methyl sites for hydroxylation is 1. The molecule has 0 aliphatic carbocycles. The second-order valence-electron chi connectivity index (χ2n) is 6.51. The van der Waals surface area contributed by atoms with Gasteiger partial charge >= 0.3 is 0 Å². The fourth-order valence-corrected chi connectivity index (χ4v) is 5.59. The molecule has 9 nitrogen and oxygen atoms in total. The quantitative estimate of drug-likeness (QED) is 0.613. The first-order chi connectivity index (χ1) is 13.9. The number of benzene rings is 1. The number of sulfone groups is 1. The summed E-state index contributed by atoms with van der Waals surface area (Å²) in [5, 5.41) is 16.4. The van der Waals surface area contributed by atoms with Gasteiger partial charge < -0.3 is 9.32 Å². The molecule has 1 fully saturated rings. The van der Waals surface area contributed by atoms with Crippen molar-refractivity contribution >= 4 is 27.3 Å². The van der Waals surface area contributed by atoms with Crippen LogP contribution in [0.2, 0.25) is 5.02 Å². The summed E-state index contributed by atoms with van der Waals surface area (Å²) in [6.45, 7) is 1.79. The minimum Gasteiger partial charge on any atom is -0.423 e. The van der Waals surface area contributed by atoms with Gasteiger partial charge in [-0.15, -0.1) is 10.2 Å². The topological polar surface area (TPSA) is 126 Å². The first kappa shape index (κ1) is 19.3. The van der Waals surface area contributed by atoms with E-state index in [9.17, 15) is 8.42 Å². The second kappa shape index (κ2) is 7.42. The van der Waals surface area contributed by atoms with Crippen LogP contribution in [-0.4, -0.2) is 40.4 Å². The van der Waals surface area contributed by atoms with E-state index in [4.69, 9.17) is 21.3 Å². The Morgan fingerprint density at radius 1 is 1.28 bits per heavy atom. The lowest BCUT2D eigenvalue weighted by molar-refractivity contribution is 0.429. The van der Waals surface area contributed by atoms with Gasteiger partial charge in [0.05, 0.1) is 15.2 Å². The van der Waals surface area contributed by atoms with Gasteiger partial charge in [0.2, 0.25) is 17.6 Å². The van der Waals surface area contributed by atoms with Crippen molar-refractivity contribution in [1.82, 2.24) is 20.2 Å². The van der Waals surface area contributed by atoms with E-state index in [-0.39, 0.29) is 34.6 Å². The highest BCUT2D eigenvalue weighted by molar-refractivity contribution is 7.92. The molecule has 148 valence electrons. The molecule has 0 radical (unpaired) electrons. The minimum absolute atomic E-state index is 0.0135. The molecule has 0 saturated carbocycles. The molecule has 2 atom stereocenters. The number of anilines is 1. The first-order valence-electron chi connectivity index (χ1n) is 8.68. The van der Waals surface area contributed by atoms with Crippen molar-refractivity contribution in [3.05, 3.63) is 59.2 Å². The maximum absolute atomic E-state index is 13.3. The van der Waals surface area contributed by atoms with Gasteiger partial charge in [0.25, 0.3) is 0 Å². The molecule has 2 aromatic heterocycles. The van der Waals surface area contributed by atoms with Crippen LogP contribution in [0.3, 0.4) is 0 Å². The van der Waals surface area contributed by atoms with Gasteiger partial charge in [0.1, 0.15) is 17.9 Å². The number of hydrogen-bond acceptors (Lipinski definition) is 9. The number of rotatable bonds is 4. The summed E-state index contributed by atoms with van der Waals surface area (Å²) >= 11 is 6.15. The summed E-state index contributed by atoms with van der Waals surface area (Å²) in [5.74, 6) is 1.06. The highest BCUT2D eigenvalue weighted by Crippen LogP contribution is 2.40. The lowest BCUT2D eigenvalue weighted by atomic mass is 10.2. The molecule has 1 aliphatic rings. The van der Waals surface area contributed by atoms with Crippen LogP contribution in [0.25, 0.3) is 0 Å². The standard InChI is InChI=1S/C18H15ClN6O3S/c1-11-23-24-18(28-11)14-8-12(29(26,27)15-5-3-2-4-13(15)19)10-25(14)17-6-7-21-16(9-20)22-17/h2-7,12,14H,8,10H2,1H3. The fraction of sp³-hybridized carbons (Fsp3) is 0.278. The van der Waals surface area contributed by atoms with E-state index >= 15 is 0 Å². The molecule has 0 bridgehead atoms. The molecule has 0 amide bonds. The summed E-state index contributed by atoms with van der Waals surface area (Å²) in [5.41, 5.74) is 0. The predicted molar refractivity (Wildman–Crippen MR) is 103 cm³/mol. The minimum atomic E-state index is -3.73. The Hall–Kier alpha value is -3.03. The van der Waals surface area contributed by atoms with Gasteiger partial charge in [-0.25, -0.2) is 18.4 Å². The van der Waals surface area contributed by atoms with Crippen LogP contribution < -0.4 is 4.90 Å². The Labute approximate surface area is 171 Å². The van der Waals surface area contributed by atoms with Gasteiger partial charge in [-0.05, 0) is 24.6 Å². The zero-order valence-corrected chi connectivity index (χ0v) is 16.8. The Kier molecular flexibility index (Phi) is 4.94. The summed E-state index contributed by atoms with van der Waals surface area (Å²) < 4.78 is 32.1. The SMILES string of the molecule is Cc1nnc(C2CC(S(=O)(=O)c3ccccc3Cl)CN2c2ccnc(C#N)n2)o1. The van der Waals surface area contributed by atoms with Gasteiger partial charge in [-0.3, -0.25) is 0 Å². The monoisotopic (exact) mass is 430 g/mol. The van der Waals surface area contributed by atoms with Crippen molar-refractivity contribution < 1.29 is 12.8 Å². The maximum atomic E-state index is 13.3. The Balaban J connectivity index is 1.76. The molecular weight excluding hydrogens is 416 g/mol. The van der Waals surface area contributed by atoms with E-state index < -0.39 is 21.1 Å². The molecule has 2 unspecified atom stereocenters. The molecule has 4 rings (SSSR count). The molecule has 29 heavy (non-hydrogen) atoms. The number of nitrogens with zero attached hydrogens (tertiary/aromatic N) is 6. The van der Waals surface area contributed by atoms with Gasteiger partial charge in [0.15, 0.2) is 9.84 Å². The Morgan fingerprint density at radius 2 is 2.07 bits per heavy atom. The third kappa shape index (κ3) is 3.54. The van der Waals surface area contributed by atoms with Crippen molar-refractivity contribution in [3.63, 3.8) is 0 Å². The first-order valence-corrected chi connectivity index (χ1v) is 10.6. The highest BCUT2D eigenvalue weighted by Gasteiger charge is 2.44. The van der Waals surface area contributed by atoms with E-state index in [0.717, 1.165) is 0 Å². The van der Waals surface area contributed by atoms with E-state index in [1.54, 1.807) is 36.1 Å². The van der Waals surface area contributed by atoms with Crippen molar-refractivity contribution in [2.75, 3.05) is 11.4 Å². The molecule has 3 heterocycles. The summed E-state index contributed by atoms with van der Waals surface area (Å²) in [7, 11) is -3.73. The van der Waals surface area contributed by atoms with Crippen molar-refractivity contribution in [3.8, 4) is 6.07 Å². The molecule has 3 aromatic rings. The van der Waals surface area contributed by atoms with Crippen LogP contribution in [0.15, 0.2) is 45.8 Å². The zero-order valence-electron chi connectivity index (χ0n) is 15.2. The van der Waals surface area contributed by atoms with Crippen LogP contribution in [-0.2, 0) is 9.84 Å². The van der Waals surface area contributed by atoms with Crippen LogP contribution in [0, 0.1) is 18.3 Å². The summed E-state index contributed by atoms with van der Waals surface area (Å²) in [6.07, 6.45) is 1.66. The van der Waals surface area contributed by atoms with Crippen LogP contribution in [0.4, 0.5) is 5.82 Å². The molecule has 1 aromatic carbocycles. The number of halogens is 1. The molecule has 0 spiro atoms. The van der Waals surface area contributed by atoms with Gasteiger partial charge in [0, 0.05) is 19.7 Å². The van der Waals surface area contributed by atoms with Crippen molar-refractivity contribution in [2.45, 2.75) is 29.5 Å². The fourth-order valence-electron chi connectivity index (χ4n) is 3.37. The lowest BCUT2D eigenvalue weighted by Crippen LogP contribution is -2.28. The van der Waals surface area contributed by atoms with E-state index in [1.165, 1.54) is 12.3 Å². The molecule has 11 heteroatoms. The van der Waals surface area contributed by atoms with Crippen LogP contribution >= 0.6 is 11.6 Å². The summed E-state index contributed by atoms with van der Waals surface area (Å²) in [4.78, 5) is 9.90. The third-order valence-corrected chi connectivity index (χ3v) is 7.34. The normalized spacial score (nSPS) is 19.3. The number of nitriles is 1. The summed E-state index contributed by atoms with van der Waals surface area (Å²) in [6, 6.07) is 9.33. The van der Waals surface area contributed by atoms with Crippen molar-refractivity contribution in [1.29, 1.82) is 5.26 Å². The van der Waals surface area contributed by atoms with Gasteiger partial charge in [-0.1, -0.05) is 23.7 Å². The Bertz CT molecular complexity index is 1210.